The van der Waals surface area contributed by atoms with Crippen LogP contribution in [0.3, 0.4) is 0 Å². The predicted molar refractivity (Wildman–Crippen MR) is 88.1 cm³/mol. The molecule has 2 heteroatoms. The van der Waals surface area contributed by atoms with Gasteiger partial charge in [-0.2, -0.15) is 0 Å². The third-order valence-electron chi connectivity index (χ3n) is 6.81. The van der Waals surface area contributed by atoms with Gasteiger partial charge in [0.1, 0.15) is 0 Å². The van der Waals surface area contributed by atoms with E-state index >= 15 is 0 Å². The molecule has 2 nitrogen and oxygen atoms in total. The first-order valence-corrected chi connectivity index (χ1v) is 8.83. The molecule has 0 saturated heterocycles. The third kappa shape index (κ3) is 3.32. The zero-order valence-electron chi connectivity index (χ0n) is 15.0. The van der Waals surface area contributed by atoms with Crippen LogP contribution in [-0.2, 0) is 0 Å². The van der Waals surface area contributed by atoms with Crippen molar-refractivity contribution < 1.29 is 10.2 Å². The van der Waals surface area contributed by atoms with E-state index in [1.165, 1.54) is 19.3 Å². The van der Waals surface area contributed by atoms with Crippen molar-refractivity contribution in [2.75, 3.05) is 0 Å². The van der Waals surface area contributed by atoms with Crippen LogP contribution in [0, 0.1) is 22.7 Å². The van der Waals surface area contributed by atoms with E-state index in [4.69, 9.17) is 0 Å². The van der Waals surface area contributed by atoms with Gasteiger partial charge in [0.2, 0.25) is 0 Å². The van der Waals surface area contributed by atoms with Crippen LogP contribution in [0.4, 0.5) is 0 Å². The van der Waals surface area contributed by atoms with Crippen molar-refractivity contribution in [1.29, 1.82) is 0 Å². The molecule has 0 spiro atoms. The maximum absolute atomic E-state index is 11.0. The van der Waals surface area contributed by atoms with Crippen LogP contribution in [0.5, 0.6) is 0 Å². The van der Waals surface area contributed by atoms with Crippen molar-refractivity contribution in [2.24, 2.45) is 22.7 Å². The summed E-state index contributed by atoms with van der Waals surface area (Å²) in [7, 11) is 0. The highest BCUT2D eigenvalue weighted by Gasteiger charge is 2.57. The standard InChI is InChI=1S/C19H36O2/c1-16(2)10-7-11-18(5)14(16)9-13-19(6,21)15(18)8-12-17(3,4)20/h14-15,20-21H,7-13H2,1-6H3/t14?,15-,18+,19-/m1/s1. The second-order valence-electron chi connectivity index (χ2n) is 9.70. The quantitative estimate of drug-likeness (QED) is 0.803. The van der Waals surface area contributed by atoms with Crippen LogP contribution in [0.2, 0.25) is 0 Å². The molecule has 2 aliphatic carbocycles. The zero-order valence-corrected chi connectivity index (χ0v) is 15.0. The van der Waals surface area contributed by atoms with E-state index in [-0.39, 0.29) is 5.41 Å². The molecule has 124 valence electrons. The molecule has 2 fully saturated rings. The topological polar surface area (TPSA) is 40.5 Å². The lowest BCUT2D eigenvalue weighted by Gasteiger charge is -2.61. The lowest BCUT2D eigenvalue weighted by atomic mass is 9.45. The average molecular weight is 296 g/mol. The Hall–Kier alpha value is -0.0800. The van der Waals surface area contributed by atoms with Crippen molar-refractivity contribution in [3.63, 3.8) is 0 Å². The second-order valence-corrected chi connectivity index (χ2v) is 9.70. The Balaban J connectivity index is 2.28. The fraction of sp³-hybridized carbons (Fsp3) is 1.00. The molecular formula is C19H36O2. The van der Waals surface area contributed by atoms with Gasteiger partial charge in [-0.25, -0.2) is 0 Å². The second kappa shape index (κ2) is 5.23. The van der Waals surface area contributed by atoms with Crippen LogP contribution >= 0.6 is 0 Å². The summed E-state index contributed by atoms with van der Waals surface area (Å²) in [6.45, 7) is 13.1. The van der Waals surface area contributed by atoms with E-state index in [1.54, 1.807) is 0 Å². The summed E-state index contributed by atoms with van der Waals surface area (Å²) in [6, 6.07) is 0. The van der Waals surface area contributed by atoms with E-state index in [1.807, 2.05) is 20.8 Å². The molecule has 0 amide bonds. The summed E-state index contributed by atoms with van der Waals surface area (Å²) in [6.07, 6.45) is 7.58. The minimum atomic E-state index is -0.635. The molecular weight excluding hydrogens is 260 g/mol. The van der Waals surface area contributed by atoms with Crippen LogP contribution in [0.15, 0.2) is 0 Å². The van der Waals surface area contributed by atoms with E-state index in [9.17, 15) is 10.2 Å². The lowest BCUT2D eigenvalue weighted by Crippen LogP contribution is -2.57. The fourth-order valence-corrected chi connectivity index (χ4v) is 5.76. The van der Waals surface area contributed by atoms with E-state index in [0.717, 1.165) is 25.7 Å². The molecule has 4 atom stereocenters. The van der Waals surface area contributed by atoms with Gasteiger partial charge in [-0.05, 0) is 82.0 Å². The smallest absolute Gasteiger partial charge is 0.0653 e. The largest absolute Gasteiger partial charge is 0.390 e. The summed E-state index contributed by atoms with van der Waals surface area (Å²) in [5.74, 6) is 1.00. The van der Waals surface area contributed by atoms with Gasteiger partial charge in [0.05, 0.1) is 11.2 Å². The summed E-state index contributed by atoms with van der Waals surface area (Å²) >= 11 is 0. The fourth-order valence-electron chi connectivity index (χ4n) is 5.76. The maximum Gasteiger partial charge on any atom is 0.0653 e. The molecule has 2 N–H and O–H groups in total. The Labute approximate surface area is 131 Å². The summed E-state index contributed by atoms with van der Waals surface area (Å²) in [5, 5.41) is 21.1. The van der Waals surface area contributed by atoms with Crippen molar-refractivity contribution >= 4 is 0 Å². The molecule has 2 rings (SSSR count). The summed E-state index contributed by atoms with van der Waals surface area (Å²) < 4.78 is 0. The first-order chi connectivity index (χ1) is 9.39. The molecule has 0 heterocycles. The highest BCUT2D eigenvalue weighted by atomic mass is 16.3. The molecule has 21 heavy (non-hydrogen) atoms. The molecule has 0 aromatic carbocycles. The van der Waals surface area contributed by atoms with Gasteiger partial charge in [0.25, 0.3) is 0 Å². The molecule has 0 aromatic rings. The predicted octanol–water partition coefficient (Wildman–Crippen LogP) is 4.53. The van der Waals surface area contributed by atoms with Crippen molar-refractivity contribution in [3.8, 4) is 0 Å². The Bertz CT molecular complexity index is 378. The van der Waals surface area contributed by atoms with Gasteiger partial charge in [-0.3, -0.25) is 0 Å². The van der Waals surface area contributed by atoms with Crippen molar-refractivity contribution in [3.05, 3.63) is 0 Å². The minimum Gasteiger partial charge on any atom is -0.390 e. The first kappa shape index (κ1) is 17.3. The van der Waals surface area contributed by atoms with Gasteiger partial charge in [0, 0.05) is 0 Å². The molecule has 0 aromatic heterocycles. The SMILES string of the molecule is CC(C)(O)CC[C@@H]1[C@@]2(C)CCCC(C)(C)C2CC[C@@]1(C)O. The molecule has 2 aliphatic rings. The van der Waals surface area contributed by atoms with Crippen molar-refractivity contribution in [2.45, 2.75) is 97.7 Å². The first-order valence-electron chi connectivity index (χ1n) is 8.83. The summed E-state index contributed by atoms with van der Waals surface area (Å²) in [5.41, 5.74) is -0.612. The molecule has 0 aliphatic heterocycles. The third-order valence-corrected chi connectivity index (χ3v) is 6.81. The van der Waals surface area contributed by atoms with Crippen molar-refractivity contribution in [1.82, 2.24) is 0 Å². The Morgan fingerprint density at radius 3 is 2.24 bits per heavy atom. The zero-order chi connectivity index (χ0) is 16.1. The van der Waals surface area contributed by atoms with Gasteiger partial charge in [-0.1, -0.05) is 27.2 Å². The minimum absolute atomic E-state index is 0.217. The lowest BCUT2D eigenvalue weighted by molar-refractivity contribution is -0.172. The monoisotopic (exact) mass is 296 g/mol. The van der Waals surface area contributed by atoms with Gasteiger partial charge in [-0.15, -0.1) is 0 Å². The molecule has 2 saturated carbocycles. The van der Waals surface area contributed by atoms with Gasteiger partial charge in [0.15, 0.2) is 0 Å². The Morgan fingerprint density at radius 2 is 1.67 bits per heavy atom. The Morgan fingerprint density at radius 1 is 1.05 bits per heavy atom. The summed E-state index contributed by atoms with van der Waals surface area (Å²) in [4.78, 5) is 0. The van der Waals surface area contributed by atoms with Crippen LogP contribution in [0.25, 0.3) is 0 Å². The molecule has 1 unspecified atom stereocenters. The normalized spacial score (nSPS) is 43.4. The van der Waals surface area contributed by atoms with Gasteiger partial charge >= 0.3 is 0 Å². The highest BCUT2D eigenvalue weighted by molar-refractivity contribution is 5.07. The van der Waals surface area contributed by atoms with E-state index < -0.39 is 11.2 Å². The van der Waals surface area contributed by atoms with Crippen LogP contribution in [0.1, 0.15) is 86.5 Å². The van der Waals surface area contributed by atoms with E-state index in [0.29, 0.717) is 17.3 Å². The number of hydrogen-bond acceptors (Lipinski definition) is 2. The maximum atomic E-state index is 11.0. The molecule has 0 radical (unpaired) electrons. The Kier molecular flexibility index (Phi) is 4.30. The van der Waals surface area contributed by atoms with Crippen LogP contribution < -0.4 is 0 Å². The number of rotatable bonds is 3. The molecule has 0 bridgehead atoms. The van der Waals surface area contributed by atoms with Crippen LogP contribution in [-0.4, -0.2) is 21.4 Å². The average Bonchev–Trinajstić information content (AvgIpc) is 2.23. The number of hydrogen-bond donors (Lipinski definition) is 2. The highest BCUT2D eigenvalue weighted by Crippen LogP contribution is 2.63. The number of fused-ring (bicyclic) bond motifs is 1. The number of aliphatic hydroxyl groups is 2. The van der Waals surface area contributed by atoms with Gasteiger partial charge < -0.3 is 10.2 Å². The van der Waals surface area contributed by atoms with E-state index in [2.05, 4.69) is 20.8 Å².